The molecular formula is C19H31ClIN3O3. The zero-order valence-electron chi connectivity index (χ0n) is 16.1. The fourth-order valence-electron chi connectivity index (χ4n) is 2.74. The lowest BCUT2D eigenvalue weighted by atomic mass is 10.2. The van der Waals surface area contributed by atoms with Crippen LogP contribution in [0.25, 0.3) is 0 Å². The molecular weight excluding hydrogens is 481 g/mol. The topological polar surface area (TPSA) is 64.1 Å². The molecule has 0 radical (unpaired) electrons. The summed E-state index contributed by atoms with van der Waals surface area (Å²) in [6.45, 7) is 6.26. The highest BCUT2D eigenvalue weighted by Gasteiger charge is 2.14. The van der Waals surface area contributed by atoms with Crippen LogP contribution in [0.15, 0.2) is 23.2 Å². The van der Waals surface area contributed by atoms with Crippen LogP contribution >= 0.6 is 35.6 Å². The van der Waals surface area contributed by atoms with Gasteiger partial charge >= 0.3 is 0 Å². The third kappa shape index (κ3) is 9.32. The van der Waals surface area contributed by atoms with Gasteiger partial charge in [0.1, 0.15) is 5.75 Å². The van der Waals surface area contributed by atoms with Gasteiger partial charge in [-0.3, -0.25) is 4.99 Å². The molecule has 0 saturated carbocycles. The molecule has 6 nitrogen and oxygen atoms in total. The molecule has 1 aliphatic rings. The van der Waals surface area contributed by atoms with E-state index in [4.69, 9.17) is 25.8 Å². The van der Waals surface area contributed by atoms with E-state index in [2.05, 4.69) is 15.6 Å². The van der Waals surface area contributed by atoms with E-state index in [1.165, 1.54) is 0 Å². The molecule has 8 heteroatoms. The smallest absolute Gasteiger partial charge is 0.191 e. The number of guanidine groups is 1. The number of hydrogen-bond donors (Lipinski definition) is 2. The van der Waals surface area contributed by atoms with Crippen molar-refractivity contribution in [3.05, 3.63) is 28.8 Å². The van der Waals surface area contributed by atoms with Crippen LogP contribution in [-0.2, 0) is 16.0 Å². The fraction of sp³-hybridized carbons (Fsp3) is 0.632. The number of aliphatic imine (C=N–C) groups is 1. The summed E-state index contributed by atoms with van der Waals surface area (Å²) < 4.78 is 16.8. The SMILES string of the molecule is CCOc1cc(Cl)ccc1CNC(=NC)NCCCOCC1CCCO1.I. The lowest BCUT2D eigenvalue weighted by Gasteiger charge is -2.15. The van der Waals surface area contributed by atoms with E-state index in [1.807, 2.05) is 25.1 Å². The molecule has 2 rings (SSSR count). The van der Waals surface area contributed by atoms with Crippen LogP contribution in [0.4, 0.5) is 0 Å². The molecule has 1 aromatic carbocycles. The maximum Gasteiger partial charge on any atom is 0.191 e. The Balaban J connectivity index is 0.00000364. The Bertz CT molecular complexity index is 569. The number of halogens is 2. The largest absolute Gasteiger partial charge is 0.493 e. The van der Waals surface area contributed by atoms with Crippen LogP contribution in [0.2, 0.25) is 5.02 Å². The molecule has 1 saturated heterocycles. The summed E-state index contributed by atoms with van der Waals surface area (Å²) >= 11 is 6.04. The standard InChI is InChI=1S/C19H30ClN3O3.HI/c1-3-25-18-12-16(20)8-7-15(18)13-23-19(21-2)22-9-5-10-24-14-17-6-4-11-26-17;/h7-8,12,17H,3-6,9-11,13-14H2,1-2H3,(H2,21,22,23);1H. The van der Waals surface area contributed by atoms with Gasteiger partial charge in [-0.05, 0) is 38.3 Å². The number of nitrogens with one attached hydrogen (secondary N) is 2. The minimum absolute atomic E-state index is 0. The van der Waals surface area contributed by atoms with Crippen molar-refractivity contribution in [3.8, 4) is 5.75 Å². The first-order chi connectivity index (χ1) is 12.7. The van der Waals surface area contributed by atoms with Crippen molar-refractivity contribution in [3.63, 3.8) is 0 Å². The average molecular weight is 512 g/mol. The lowest BCUT2D eigenvalue weighted by molar-refractivity contribution is 0.0168. The first-order valence-corrected chi connectivity index (χ1v) is 9.65. The Hall–Kier alpha value is -0.770. The van der Waals surface area contributed by atoms with Gasteiger partial charge in [-0.1, -0.05) is 17.7 Å². The Kier molecular flexibility index (Phi) is 12.8. The molecule has 154 valence electrons. The number of benzene rings is 1. The number of ether oxygens (including phenoxy) is 3. The molecule has 1 unspecified atom stereocenters. The molecule has 1 heterocycles. The third-order valence-electron chi connectivity index (χ3n) is 4.08. The van der Waals surface area contributed by atoms with Crippen molar-refractivity contribution in [2.24, 2.45) is 4.99 Å². The predicted molar refractivity (Wildman–Crippen MR) is 121 cm³/mol. The van der Waals surface area contributed by atoms with E-state index in [1.54, 1.807) is 7.05 Å². The monoisotopic (exact) mass is 511 g/mol. The van der Waals surface area contributed by atoms with E-state index >= 15 is 0 Å². The zero-order valence-corrected chi connectivity index (χ0v) is 19.2. The molecule has 0 aromatic heterocycles. The maximum absolute atomic E-state index is 6.04. The molecule has 0 spiro atoms. The Morgan fingerprint density at radius 1 is 1.37 bits per heavy atom. The van der Waals surface area contributed by atoms with Gasteiger partial charge in [0, 0.05) is 43.9 Å². The molecule has 1 atom stereocenters. The molecule has 0 amide bonds. The Morgan fingerprint density at radius 3 is 2.93 bits per heavy atom. The van der Waals surface area contributed by atoms with Gasteiger partial charge in [-0.15, -0.1) is 24.0 Å². The van der Waals surface area contributed by atoms with Gasteiger partial charge in [0.15, 0.2) is 5.96 Å². The van der Waals surface area contributed by atoms with Gasteiger partial charge in [-0.25, -0.2) is 0 Å². The molecule has 1 aromatic rings. The summed E-state index contributed by atoms with van der Waals surface area (Å²) in [7, 11) is 1.76. The van der Waals surface area contributed by atoms with Gasteiger partial charge in [-0.2, -0.15) is 0 Å². The summed E-state index contributed by atoms with van der Waals surface area (Å²) in [5, 5.41) is 7.26. The van der Waals surface area contributed by atoms with Gasteiger partial charge < -0.3 is 24.8 Å². The second-order valence-corrected chi connectivity index (χ2v) is 6.54. The number of hydrogen-bond acceptors (Lipinski definition) is 4. The van der Waals surface area contributed by atoms with Crippen LogP contribution < -0.4 is 15.4 Å². The first-order valence-electron chi connectivity index (χ1n) is 9.28. The molecule has 27 heavy (non-hydrogen) atoms. The van der Waals surface area contributed by atoms with Crippen LogP contribution in [-0.4, -0.2) is 52.1 Å². The van der Waals surface area contributed by atoms with Gasteiger partial charge in [0.2, 0.25) is 0 Å². The summed E-state index contributed by atoms with van der Waals surface area (Å²) in [5.41, 5.74) is 1.04. The average Bonchev–Trinajstić information content (AvgIpc) is 3.15. The lowest BCUT2D eigenvalue weighted by Crippen LogP contribution is -2.37. The summed E-state index contributed by atoms with van der Waals surface area (Å²) in [5.74, 6) is 1.55. The molecule has 2 N–H and O–H groups in total. The summed E-state index contributed by atoms with van der Waals surface area (Å²) in [6.07, 6.45) is 3.47. The maximum atomic E-state index is 6.04. The van der Waals surface area contributed by atoms with Crippen LogP contribution in [0.1, 0.15) is 31.7 Å². The van der Waals surface area contributed by atoms with Crippen molar-refractivity contribution >= 4 is 41.5 Å². The molecule has 1 fully saturated rings. The number of nitrogens with zero attached hydrogens (tertiary/aromatic N) is 1. The van der Waals surface area contributed by atoms with Crippen LogP contribution in [0, 0.1) is 0 Å². The minimum Gasteiger partial charge on any atom is -0.493 e. The van der Waals surface area contributed by atoms with Crippen LogP contribution in [0.5, 0.6) is 5.75 Å². The summed E-state index contributed by atoms with van der Waals surface area (Å²) in [4.78, 5) is 4.24. The fourth-order valence-corrected chi connectivity index (χ4v) is 2.90. The number of rotatable bonds is 10. The predicted octanol–water partition coefficient (Wildman–Crippen LogP) is 3.61. The Morgan fingerprint density at radius 2 is 2.22 bits per heavy atom. The van der Waals surface area contributed by atoms with Crippen LogP contribution in [0.3, 0.4) is 0 Å². The Labute approximate surface area is 184 Å². The van der Waals surface area contributed by atoms with E-state index in [0.717, 1.165) is 56.3 Å². The second kappa shape index (κ2) is 14.3. The van der Waals surface area contributed by atoms with Gasteiger partial charge in [0.25, 0.3) is 0 Å². The van der Waals surface area contributed by atoms with Crippen molar-refractivity contribution in [2.45, 2.75) is 38.8 Å². The molecule has 1 aliphatic heterocycles. The van der Waals surface area contributed by atoms with E-state index in [-0.39, 0.29) is 30.1 Å². The molecule has 0 bridgehead atoms. The van der Waals surface area contributed by atoms with E-state index in [0.29, 0.717) is 24.8 Å². The van der Waals surface area contributed by atoms with E-state index < -0.39 is 0 Å². The minimum atomic E-state index is 0. The molecule has 0 aliphatic carbocycles. The highest BCUT2D eigenvalue weighted by Crippen LogP contribution is 2.23. The van der Waals surface area contributed by atoms with Crippen molar-refractivity contribution in [2.75, 3.05) is 40.0 Å². The van der Waals surface area contributed by atoms with Crippen molar-refractivity contribution in [1.82, 2.24) is 10.6 Å². The highest BCUT2D eigenvalue weighted by molar-refractivity contribution is 14.0. The van der Waals surface area contributed by atoms with Gasteiger partial charge in [0.05, 0.1) is 19.3 Å². The van der Waals surface area contributed by atoms with Crippen molar-refractivity contribution < 1.29 is 14.2 Å². The van der Waals surface area contributed by atoms with Crippen molar-refractivity contribution in [1.29, 1.82) is 0 Å². The van der Waals surface area contributed by atoms with E-state index in [9.17, 15) is 0 Å². The zero-order chi connectivity index (χ0) is 18.6. The summed E-state index contributed by atoms with van der Waals surface area (Å²) in [6, 6.07) is 5.67. The normalized spacial score (nSPS) is 16.7. The highest BCUT2D eigenvalue weighted by atomic mass is 127. The second-order valence-electron chi connectivity index (χ2n) is 6.10. The quantitative estimate of drug-likeness (QED) is 0.217. The third-order valence-corrected chi connectivity index (χ3v) is 4.32. The first kappa shape index (κ1) is 24.3.